The highest BCUT2D eigenvalue weighted by Crippen LogP contribution is 2.29. The molecule has 1 amide bonds. The molecule has 1 N–H and O–H groups in total. The van der Waals surface area contributed by atoms with E-state index in [1.54, 1.807) is 0 Å². The fourth-order valence-corrected chi connectivity index (χ4v) is 2.94. The van der Waals surface area contributed by atoms with Crippen molar-refractivity contribution in [2.45, 2.75) is 45.1 Å². The van der Waals surface area contributed by atoms with Gasteiger partial charge in [-0.2, -0.15) is 0 Å². The largest absolute Gasteiger partial charge is 0.346 e. The zero-order valence-corrected chi connectivity index (χ0v) is 12.5. The molecule has 1 aliphatic carbocycles. The van der Waals surface area contributed by atoms with Gasteiger partial charge in [-0.1, -0.05) is 19.3 Å². The quantitative estimate of drug-likeness (QED) is 0.788. The number of hydrogen-bond acceptors (Lipinski definition) is 3. The number of rotatable bonds is 6. The van der Waals surface area contributed by atoms with Crippen molar-refractivity contribution in [1.82, 2.24) is 15.1 Å². The van der Waals surface area contributed by atoms with Crippen LogP contribution in [0, 0.1) is 5.92 Å². The second-order valence-electron chi connectivity index (χ2n) is 6.24. The Morgan fingerprint density at radius 1 is 1.37 bits per heavy atom. The third kappa shape index (κ3) is 4.46. The lowest BCUT2D eigenvalue weighted by Gasteiger charge is -2.33. The van der Waals surface area contributed by atoms with Crippen LogP contribution in [0.1, 0.15) is 39.0 Å². The molecule has 0 radical (unpaired) electrons. The van der Waals surface area contributed by atoms with Gasteiger partial charge >= 0.3 is 0 Å². The zero-order chi connectivity index (χ0) is 13.7. The number of piperazine rings is 1. The predicted molar refractivity (Wildman–Crippen MR) is 78.1 cm³/mol. The van der Waals surface area contributed by atoms with Crippen molar-refractivity contribution < 1.29 is 4.79 Å². The monoisotopic (exact) mass is 267 g/mol. The molecule has 110 valence electrons. The van der Waals surface area contributed by atoms with Crippen molar-refractivity contribution in [3.05, 3.63) is 0 Å². The van der Waals surface area contributed by atoms with Crippen LogP contribution in [0.4, 0.5) is 0 Å². The zero-order valence-electron chi connectivity index (χ0n) is 12.5. The van der Waals surface area contributed by atoms with Gasteiger partial charge in [-0.05, 0) is 19.3 Å². The van der Waals surface area contributed by atoms with Gasteiger partial charge in [0, 0.05) is 52.2 Å². The first-order valence-corrected chi connectivity index (χ1v) is 7.85. The number of nitrogens with zero attached hydrogens (tertiary/aromatic N) is 2. The van der Waals surface area contributed by atoms with E-state index in [1.165, 1.54) is 25.7 Å². The van der Waals surface area contributed by atoms with Crippen LogP contribution in [0.3, 0.4) is 0 Å². The average Bonchev–Trinajstić information content (AvgIpc) is 2.37. The van der Waals surface area contributed by atoms with E-state index >= 15 is 0 Å². The molecule has 1 aliphatic heterocycles. The minimum absolute atomic E-state index is 0.311. The van der Waals surface area contributed by atoms with Crippen molar-refractivity contribution in [2.75, 3.05) is 39.8 Å². The molecule has 1 saturated heterocycles. The lowest BCUT2D eigenvalue weighted by molar-refractivity contribution is -0.131. The van der Waals surface area contributed by atoms with Crippen LogP contribution in [0.5, 0.6) is 0 Å². The highest BCUT2D eigenvalue weighted by atomic mass is 16.2. The normalized spacial score (nSPS) is 22.8. The Bertz CT molecular complexity index is 285. The predicted octanol–water partition coefficient (Wildman–Crippen LogP) is 1.32. The van der Waals surface area contributed by atoms with Gasteiger partial charge in [-0.25, -0.2) is 0 Å². The van der Waals surface area contributed by atoms with Crippen molar-refractivity contribution in [3.63, 3.8) is 0 Å². The van der Waals surface area contributed by atoms with Crippen molar-refractivity contribution in [3.8, 4) is 0 Å². The highest BCUT2D eigenvalue weighted by Gasteiger charge is 2.22. The SMILES string of the molecule is CC(CC(=O)N(C)CCC1CCC1)N1CCNCC1. The average molecular weight is 267 g/mol. The number of hydrogen-bond donors (Lipinski definition) is 1. The summed E-state index contributed by atoms with van der Waals surface area (Å²) in [4.78, 5) is 16.6. The Labute approximate surface area is 117 Å². The molecule has 4 nitrogen and oxygen atoms in total. The topological polar surface area (TPSA) is 35.6 Å². The van der Waals surface area contributed by atoms with Crippen LogP contribution in [-0.2, 0) is 4.79 Å². The van der Waals surface area contributed by atoms with Crippen LogP contribution in [0.15, 0.2) is 0 Å². The third-order valence-electron chi connectivity index (χ3n) is 4.77. The first kappa shape index (κ1) is 14.8. The van der Waals surface area contributed by atoms with Gasteiger partial charge in [0.05, 0.1) is 0 Å². The summed E-state index contributed by atoms with van der Waals surface area (Å²) >= 11 is 0. The first-order chi connectivity index (χ1) is 9.16. The summed E-state index contributed by atoms with van der Waals surface area (Å²) < 4.78 is 0. The fraction of sp³-hybridized carbons (Fsp3) is 0.933. The molecule has 1 atom stereocenters. The number of carbonyl (C=O) groups is 1. The number of carbonyl (C=O) groups excluding carboxylic acids is 1. The second-order valence-corrected chi connectivity index (χ2v) is 6.24. The Hall–Kier alpha value is -0.610. The Kier molecular flexibility index (Phi) is 5.64. The molecule has 2 aliphatic rings. The molecule has 1 unspecified atom stereocenters. The lowest BCUT2D eigenvalue weighted by atomic mass is 9.83. The van der Waals surface area contributed by atoms with Crippen LogP contribution >= 0.6 is 0 Å². The highest BCUT2D eigenvalue weighted by molar-refractivity contribution is 5.76. The molecule has 2 rings (SSSR count). The molecule has 1 saturated carbocycles. The molecule has 0 spiro atoms. The van der Waals surface area contributed by atoms with Gasteiger partial charge in [-0.15, -0.1) is 0 Å². The summed E-state index contributed by atoms with van der Waals surface area (Å²) in [6.45, 7) is 7.37. The summed E-state index contributed by atoms with van der Waals surface area (Å²) in [5.41, 5.74) is 0. The summed E-state index contributed by atoms with van der Waals surface area (Å²) in [7, 11) is 1.96. The van der Waals surface area contributed by atoms with E-state index in [-0.39, 0.29) is 0 Å². The van der Waals surface area contributed by atoms with E-state index < -0.39 is 0 Å². The number of nitrogens with one attached hydrogen (secondary N) is 1. The van der Waals surface area contributed by atoms with Crippen LogP contribution in [-0.4, -0.2) is 61.5 Å². The molecule has 19 heavy (non-hydrogen) atoms. The molecule has 2 fully saturated rings. The minimum Gasteiger partial charge on any atom is -0.346 e. The van der Waals surface area contributed by atoms with E-state index in [0.29, 0.717) is 18.4 Å². The molecular weight excluding hydrogens is 238 g/mol. The van der Waals surface area contributed by atoms with Gasteiger partial charge in [0.15, 0.2) is 0 Å². The van der Waals surface area contributed by atoms with Gasteiger partial charge in [0.1, 0.15) is 0 Å². The second kappa shape index (κ2) is 7.25. The summed E-state index contributed by atoms with van der Waals surface area (Å²) in [6.07, 6.45) is 6.01. The molecule has 0 bridgehead atoms. The molecule has 1 heterocycles. The summed E-state index contributed by atoms with van der Waals surface area (Å²) in [6, 6.07) is 0.376. The maximum atomic E-state index is 12.2. The van der Waals surface area contributed by atoms with Gasteiger partial charge in [-0.3, -0.25) is 9.69 Å². The van der Waals surface area contributed by atoms with E-state index in [2.05, 4.69) is 17.1 Å². The minimum atomic E-state index is 0.311. The van der Waals surface area contributed by atoms with E-state index in [1.807, 2.05) is 11.9 Å². The smallest absolute Gasteiger partial charge is 0.223 e. The molecule has 0 aromatic rings. The Morgan fingerprint density at radius 3 is 2.63 bits per heavy atom. The Balaban J connectivity index is 1.66. The molecule has 4 heteroatoms. The maximum Gasteiger partial charge on any atom is 0.223 e. The first-order valence-electron chi connectivity index (χ1n) is 7.85. The Morgan fingerprint density at radius 2 is 2.05 bits per heavy atom. The molecule has 0 aromatic heterocycles. The maximum absolute atomic E-state index is 12.2. The van der Waals surface area contributed by atoms with E-state index in [4.69, 9.17) is 0 Å². The number of amides is 1. The summed E-state index contributed by atoms with van der Waals surface area (Å²) in [5.74, 6) is 1.20. The standard InChI is InChI=1S/C15H29N3O/c1-13(18-10-7-16-8-11-18)12-15(19)17(2)9-6-14-4-3-5-14/h13-14,16H,3-12H2,1-2H3. The fourth-order valence-electron chi connectivity index (χ4n) is 2.94. The van der Waals surface area contributed by atoms with Crippen molar-refractivity contribution in [1.29, 1.82) is 0 Å². The molecular formula is C15H29N3O. The van der Waals surface area contributed by atoms with Crippen LogP contribution in [0.2, 0.25) is 0 Å². The van der Waals surface area contributed by atoms with Crippen LogP contribution < -0.4 is 5.32 Å². The lowest BCUT2D eigenvalue weighted by Crippen LogP contribution is -2.48. The van der Waals surface area contributed by atoms with Gasteiger partial charge < -0.3 is 10.2 Å². The van der Waals surface area contributed by atoms with E-state index in [0.717, 1.165) is 38.6 Å². The van der Waals surface area contributed by atoms with Crippen LogP contribution in [0.25, 0.3) is 0 Å². The van der Waals surface area contributed by atoms with Crippen molar-refractivity contribution in [2.24, 2.45) is 5.92 Å². The van der Waals surface area contributed by atoms with E-state index in [9.17, 15) is 4.79 Å². The van der Waals surface area contributed by atoms with Gasteiger partial charge in [0.2, 0.25) is 5.91 Å². The summed E-state index contributed by atoms with van der Waals surface area (Å²) in [5, 5.41) is 3.35. The molecule has 0 aromatic carbocycles. The van der Waals surface area contributed by atoms with Gasteiger partial charge in [0.25, 0.3) is 0 Å². The third-order valence-corrected chi connectivity index (χ3v) is 4.77. The van der Waals surface area contributed by atoms with Crippen molar-refractivity contribution >= 4 is 5.91 Å².